The van der Waals surface area contributed by atoms with E-state index in [-0.39, 0.29) is 0 Å². The minimum atomic E-state index is -0.527. The summed E-state index contributed by atoms with van der Waals surface area (Å²) in [5, 5.41) is 0. The summed E-state index contributed by atoms with van der Waals surface area (Å²) in [5.74, 6) is 0.428. The lowest BCUT2D eigenvalue weighted by atomic mass is 10.3. The van der Waals surface area contributed by atoms with Crippen LogP contribution in [0.1, 0.15) is 0 Å². The van der Waals surface area contributed by atoms with E-state index < -0.39 is 11.2 Å². The molecule has 0 saturated heterocycles. The first-order chi connectivity index (χ1) is 6.27. The summed E-state index contributed by atoms with van der Waals surface area (Å²) in [6.45, 7) is 0. The molecule has 0 fully saturated rings. The van der Waals surface area contributed by atoms with Crippen molar-refractivity contribution in [2.24, 2.45) is 0 Å². The second kappa shape index (κ2) is 2.74. The van der Waals surface area contributed by atoms with E-state index in [9.17, 15) is 9.59 Å². The molecule has 6 heteroatoms. The first-order valence-electron chi connectivity index (χ1n) is 3.59. The van der Waals surface area contributed by atoms with Gasteiger partial charge >= 0.3 is 5.69 Å². The van der Waals surface area contributed by atoms with Crippen molar-refractivity contribution in [3.63, 3.8) is 0 Å². The Hall–Kier alpha value is -2.11. The number of hydrogen-bond acceptors (Lipinski definition) is 3. The van der Waals surface area contributed by atoms with Crippen molar-refractivity contribution in [1.82, 2.24) is 19.9 Å². The SMILES string of the molecule is O=c1[nH]cc(-c2ncc[nH]2)c(=O)[nH]1. The molecule has 66 valence electrons. The summed E-state index contributed by atoms with van der Waals surface area (Å²) in [5.41, 5.74) is -0.677. The highest BCUT2D eigenvalue weighted by atomic mass is 16.2. The fraction of sp³-hybridized carbons (Fsp3) is 0. The van der Waals surface area contributed by atoms with Gasteiger partial charge in [-0.2, -0.15) is 0 Å². The molecule has 2 heterocycles. The zero-order chi connectivity index (χ0) is 9.26. The van der Waals surface area contributed by atoms with Crippen LogP contribution in [-0.2, 0) is 0 Å². The summed E-state index contributed by atoms with van der Waals surface area (Å²) < 4.78 is 0. The molecule has 0 aliphatic carbocycles. The van der Waals surface area contributed by atoms with Gasteiger partial charge in [-0.3, -0.25) is 9.78 Å². The molecule has 0 radical (unpaired) electrons. The van der Waals surface area contributed by atoms with Crippen molar-refractivity contribution in [3.8, 4) is 11.4 Å². The summed E-state index contributed by atoms with van der Waals surface area (Å²) in [6, 6.07) is 0. The maximum atomic E-state index is 11.2. The van der Waals surface area contributed by atoms with Gasteiger partial charge in [-0.1, -0.05) is 0 Å². The fourth-order valence-electron chi connectivity index (χ4n) is 0.998. The lowest BCUT2D eigenvalue weighted by molar-refractivity contribution is 1.03. The third-order valence-electron chi connectivity index (χ3n) is 1.57. The van der Waals surface area contributed by atoms with Crippen molar-refractivity contribution >= 4 is 0 Å². The van der Waals surface area contributed by atoms with Gasteiger partial charge in [0.1, 0.15) is 5.82 Å². The molecule has 0 aliphatic heterocycles. The Morgan fingerprint density at radius 1 is 1.23 bits per heavy atom. The number of nitrogens with one attached hydrogen (secondary N) is 3. The van der Waals surface area contributed by atoms with Gasteiger partial charge in [0.2, 0.25) is 0 Å². The molecular formula is C7H6N4O2. The van der Waals surface area contributed by atoms with Gasteiger partial charge in [0.05, 0.1) is 5.56 Å². The van der Waals surface area contributed by atoms with Crippen molar-refractivity contribution in [2.75, 3.05) is 0 Å². The zero-order valence-electron chi connectivity index (χ0n) is 6.50. The minimum Gasteiger partial charge on any atom is -0.344 e. The minimum absolute atomic E-state index is 0.310. The van der Waals surface area contributed by atoms with E-state index in [1.807, 2.05) is 0 Å². The topological polar surface area (TPSA) is 94.4 Å². The van der Waals surface area contributed by atoms with Crippen LogP contribution in [0.25, 0.3) is 11.4 Å². The lowest BCUT2D eigenvalue weighted by Crippen LogP contribution is -2.22. The standard InChI is InChI=1S/C7H6N4O2/c12-6-4(3-10-7(13)11-6)5-8-1-2-9-5/h1-3H,(H,8,9)(H2,10,11,12,13). The van der Waals surface area contributed by atoms with Crippen molar-refractivity contribution in [3.05, 3.63) is 39.4 Å². The molecule has 0 aliphatic rings. The van der Waals surface area contributed by atoms with Gasteiger partial charge in [0.25, 0.3) is 5.56 Å². The second-order valence-corrected chi connectivity index (χ2v) is 2.42. The second-order valence-electron chi connectivity index (χ2n) is 2.42. The van der Waals surface area contributed by atoms with Crippen molar-refractivity contribution in [2.45, 2.75) is 0 Å². The molecule has 6 nitrogen and oxygen atoms in total. The third kappa shape index (κ3) is 1.28. The van der Waals surface area contributed by atoms with Crippen LogP contribution in [0.15, 0.2) is 28.2 Å². The predicted molar refractivity (Wildman–Crippen MR) is 45.3 cm³/mol. The molecule has 2 rings (SSSR count). The molecule has 0 spiro atoms. The van der Waals surface area contributed by atoms with Crippen LogP contribution in [0.3, 0.4) is 0 Å². The summed E-state index contributed by atoms with van der Waals surface area (Å²) in [4.78, 5) is 33.0. The van der Waals surface area contributed by atoms with Gasteiger partial charge in [-0.25, -0.2) is 9.78 Å². The number of imidazole rings is 1. The lowest BCUT2D eigenvalue weighted by Gasteiger charge is -1.92. The van der Waals surface area contributed by atoms with Gasteiger partial charge in [-0.15, -0.1) is 0 Å². The Labute approximate surface area is 71.7 Å². The fourth-order valence-corrected chi connectivity index (χ4v) is 0.998. The van der Waals surface area contributed by atoms with E-state index in [1.54, 1.807) is 6.20 Å². The smallest absolute Gasteiger partial charge is 0.325 e. The van der Waals surface area contributed by atoms with Crippen LogP contribution in [-0.4, -0.2) is 19.9 Å². The average molecular weight is 178 g/mol. The Balaban J connectivity index is 2.67. The highest BCUT2D eigenvalue weighted by Gasteiger charge is 2.04. The molecule has 13 heavy (non-hydrogen) atoms. The molecule has 0 aromatic carbocycles. The average Bonchev–Trinajstić information content (AvgIpc) is 2.56. The normalized spacial score (nSPS) is 10.2. The molecular weight excluding hydrogens is 172 g/mol. The maximum absolute atomic E-state index is 11.2. The van der Waals surface area contributed by atoms with E-state index in [4.69, 9.17) is 0 Å². The van der Waals surface area contributed by atoms with E-state index in [1.165, 1.54) is 12.4 Å². The number of aromatic nitrogens is 4. The van der Waals surface area contributed by atoms with Gasteiger partial charge in [-0.05, 0) is 0 Å². The highest BCUT2D eigenvalue weighted by molar-refractivity contribution is 5.50. The van der Waals surface area contributed by atoms with Gasteiger partial charge in [0, 0.05) is 18.6 Å². The molecule has 3 N–H and O–H groups in total. The van der Waals surface area contributed by atoms with Crippen LogP contribution in [0.2, 0.25) is 0 Å². The van der Waals surface area contributed by atoms with Crippen LogP contribution >= 0.6 is 0 Å². The van der Waals surface area contributed by atoms with Crippen LogP contribution < -0.4 is 11.2 Å². The number of aromatic amines is 3. The van der Waals surface area contributed by atoms with Crippen molar-refractivity contribution in [1.29, 1.82) is 0 Å². The van der Waals surface area contributed by atoms with Gasteiger partial charge in [0.15, 0.2) is 0 Å². The molecule has 2 aromatic rings. The first kappa shape index (κ1) is 7.53. The summed E-state index contributed by atoms with van der Waals surface area (Å²) in [6.07, 6.45) is 4.44. The number of H-pyrrole nitrogens is 3. The zero-order valence-corrected chi connectivity index (χ0v) is 6.50. The highest BCUT2D eigenvalue weighted by Crippen LogP contribution is 2.04. The van der Waals surface area contributed by atoms with E-state index >= 15 is 0 Å². The van der Waals surface area contributed by atoms with Crippen molar-refractivity contribution < 1.29 is 0 Å². The van der Waals surface area contributed by atoms with E-state index in [2.05, 4.69) is 19.9 Å². The predicted octanol–water partition coefficient (Wildman–Crippen LogP) is -0.547. The van der Waals surface area contributed by atoms with E-state index in [0.717, 1.165) is 0 Å². The largest absolute Gasteiger partial charge is 0.344 e. The number of rotatable bonds is 1. The molecule has 0 bridgehead atoms. The monoisotopic (exact) mass is 178 g/mol. The molecule has 2 aromatic heterocycles. The molecule has 0 atom stereocenters. The molecule has 0 amide bonds. The quantitative estimate of drug-likeness (QED) is 0.547. The number of hydrogen-bond donors (Lipinski definition) is 3. The Morgan fingerprint density at radius 2 is 2.08 bits per heavy atom. The van der Waals surface area contributed by atoms with E-state index in [0.29, 0.717) is 11.4 Å². The Morgan fingerprint density at radius 3 is 2.69 bits per heavy atom. The Kier molecular flexibility index (Phi) is 1.59. The maximum Gasteiger partial charge on any atom is 0.325 e. The third-order valence-corrected chi connectivity index (χ3v) is 1.57. The first-order valence-corrected chi connectivity index (χ1v) is 3.59. The summed E-state index contributed by atoms with van der Waals surface area (Å²) >= 11 is 0. The summed E-state index contributed by atoms with van der Waals surface area (Å²) in [7, 11) is 0. The van der Waals surface area contributed by atoms with Crippen LogP contribution in [0.4, 0.5) is 0 Å². The molecule has 0 unspecified atom stereocenters. The van der Waals surface area contributed by atoms with Crippen LogP contribution in [0.5, 0.6) is 0 Å². The number of nitrogens with zero attached hydrogens (tertiary/aromatic N) is 1. The Bertz CT molecular complexity index is 508. The van der Waals surface area contributed by atoms with Gasteiger partial charge < -0.3 is 9.97 Å². The van der Waals surface area contributed by atoms with Crippen LogP contribution in [0, 0.1) is 0 Å². The molecule has 0 saturated carbocycles.